The maximum atomic E-state index is 13.2. The lowest BCUT2D eigenvalue weighted by Crippen LogP contribution is -2.54. The highest BCUT2D eigenvalue weighted by atomic mass is 79.9. The molecule has 36 heavy (non-hydrogen) atoms. The van der Waals surface area contributed by atoms with Gasteiger partial charge in [0.25, 0.3) is 11.8 Å². The number of carbonyl (C=O) groups is 3. The zero-order valence-corrected chi connectivity index (χ0v) is 21.3. The molecule has 1 saturated heterocycles. The quantitative estimate of drug-likeness (QED) is 0.245. The largest absolute Gasteiger partial charge is 0.493 e. The number of methoxy groups -OCH3 is 1. The topological polar surface area (TPSA) is 105 Å². The first-order valence-corrected chi connectivity index (χ1v) is 11.8. The summed E-state index contributed by atoms with van der Waals surface area (Å²) < 4.78 is 12.0. The van der Waals surface area contributed by atoms with Crippen molar-refractivity contribution in [1.29, 1.82) is 0 Å². The van der Waals surface area contributed by atoms with Gasteiger partial charge in [-0.1, -0.05) is 40.2 Å². The van der Waals surface area contributed by atoms with Crippen LogP contribution in [0.4, 0.5) is 5.69 Å². The summed E-state index contributed by atoms with van der Waals surface area (Å²) in [5.74, 6) is -1.39. The summed E-state index contributed by atoms with van der Waals surface area (Å²) in [5.41, 5.74) is 1.80. The van der Waals surface area contributed by atoms with Gasteiger partial charge >= 0.3 is 5.97 Å². The van der Waals surface area contributed by atoms with Gasteiger partial charge in [-0.2, -0.15) is 0 Å². The highest BCUT2D eigenvalue weighted by molar-refractivity contribution is 9.10. The minimum Gasteiger partial charge on any atom is -0.493 e. The van der Waals surface area contributed by atoms with E-state index in [-0.39, 0.29) is 22.9 Å². The van der Waals surface area contributed by atoms with Crippen molar-refractivity contribution < 1.29 is 29.0 Å². The summed E-state index contributed by atoms with van der Waals surface area (Å²) in [7, 11) is 1.47. The summed E-state index contributed by atoms with van der Waals surface area (Å²) in [6.45, 7) is 0.123. The fourth-order valence-corrected chi connectivity index (χ4v) is 4.19. The molecule has 0 aromatic heterocycles. The number of carbonyl (C=O) groups excluding carboxylic acids is 2. The summed E-state index contributed by atoms with van der Waals surface area (Å²) in [6.07, 6.45) is 1.45. The number of rotatable bonds is 7. The number of hydrogen-bond acceptors (Lipinski definition) is 6. The third-order valence-corrected chi connectivity index (χ3v) is 6.01. The van der Waals surface area contributed by atoms with Crippen molar-refractivity contribution in [2.75, 3.05) is 12.0 Å². The number of amides is 2. The molecule has 0 aliphatic carbocycles. The molecule has 3 aromatic carbocycles. The van der Waals surface area contributed by atoms with Gasteiger partial charge in [0.1, 0.15) is 12.2 Å². The van der Waals surface area contributed by atoms with E-state index in [0.717, 1.165) is 4.47 Å². The van der Waals surface area contributed by atoms with E-state index in [9.17, 15) is 14.4 Å². The number of carboxylic acids is 1. The average molecular weight is 567 g/mol. The molecule has 0 radical (unpaired) electrons. The van der Waals surface area contributed by atoms with Crippen LogP contribution in [-0.2, 0) is 16.2 Å². The van der Waals surface area contributed by atoms with Crippen LogP contribution in [0.3, 0.4) is 0 Å². The highest BCUT2D eigenvalue weighted by Crippen LogP contribution is 2.31. The zero-order valence-electron chi connectivity index (χ0n) is 18.9. The minimum absolute atomic E-state index is 0.00598. The third kappa shape index (κ3) is 5.45. The highest BCUT2D eigenvalue weighted by Gasteiger charge is 2.34. The molecule has 10 heteroatoms. The van der Waals surface area contributed by atoms with Crippen LogP contribution in [0, 0.1) is 0 Å². The number of thiocarbonyl (C=S) groups is 1. The van der Waals surface area contributed by atoms with Crippen molar-refractivity contribution in [2.24, 2.45) is 0 Å². The number of benzene rings is 3. The molecule has 0 atom stereocenters. The van der Waals surface area contributed by atoms with Gasteiger partial charge in [0, 0.05) is 4.47 Å². The standard InChI is InChI=1S/C26H19BrN2O6S/c1-34-22-12-15(8-9-21(22)35-14-16-4-2-5-17(10-16)25(32)33)11-20-23(30)28-26(36)29(24(20)31)19-7-3-6-18(27)13-19/h2-13H,14H2,1H3,(H,32,33)(H,28,30,36). The van der Waals surface area contributed by atoms with Gasteiger partial charge in [-0.3, -0.25) is 19.8 Å². The number of nitrogens with zero attached hydrogens (tertiary/aromatic N) is 1. The molecular formula is C26H19BrN2O6S. The Morgan fingerprint density at radius 1 is 1.08 bits per heavy atom. The second-order valence-electron chi connectivity index (χ2n) is 7.64. The molecule has 8 nitrogen and oxygen atoms in total. The van der Waals surface area contributed by atoms with E-state index >= 15 is 0 Å². The van der Waals surface area contributed by atoms with E-state index in [0.29, 0.717) is 28.3 Å². The number of aromatic carboxylic acids is 1. The fourth-order valence-electron chi connectivity index (χ4n) is 3.52. The number of anilines is 1. The molecule has 1 fully saturated rings. The Morgan fingerprint density at radius 3 is 2.58 bits per heavy atom. The molecule has 182 valence electrons. The summed E-state index contributed by atoms with van der Waals surface area (Å²) in [6, 6.07) is 18.4. The Labute approximate surface area is 220 Å². The Balaban J connectivity index is 1.58. The van der Waals surface area contributed by atoms with Crippen molar-refractivity contribution >= 4 is 62.8 Å². The average Bonchev–Trinajstić information content (AvgIpc) is 2.85. The lowest BCUT2D eigenvalue weighted by atomic mass is 10.1. The van der Waals surface area contributed by atoms with Crippen LogP contribution in [0.2, 0.25) is 0 Å². The Bertz CT molecular complexity index is 1420. The molecule has 2 amide bonds. The third-order valence-electron chi connectivity index (χ3n) is 5.24. The predicted molar refractivity (Wildman–Crippen MR) is 141 cm³/mol. The first kappa shape index (κ1) is 25.1. The second kappa shape index (κ2) is 10.7. The summed E-state index contributed by atoms with van der Waals surface area (Å²) in [4.78, 5) is 38.2. The molecule has 0 spiro atoms. The first-order chi connectivity index (χ1) is 17.3. The van der Waals surface area contributed by atoms with E-state index in [2.05, 4.69) is 21.2 Å². The maximum Gasteiger partial charge on any atom is 0.335 e. The number of ether oxygens (including phenoxy) is 2. The lowest BCUT2D eigenvalue weighted by molar-refractivity contribution is -0.122. The smallest absolute Gasteiger partial charge is 0.335 e. The number of halogens is 1. The summed E-state index contributed by atoms with van der Waals surface area (Å²) in [5, 5.41) is 11.7. The Hall–Kier alpha value is -4.02. The van der Waals surface area contributed by atoms with Gasteiger partial charge in [0.15, 0.2) is 16.6 Å². The van der Waals surface area contributed by atoms with Crippen molar-refractivity contribution in [3.63, 3.8) is 0 Å². The Morgan fingerprint density at radius 2 is 1.86 bits per heavy atom. The second-order valence-corrected chi connectivity index (χ2v) is 8.94. The maximum absolute atomic E-state index is 13.2. The van der Waals surface area contributed by atoms with Crippen molar-refractivity contribution in [1.82, 2.24) is 5.32 Å². The Kier molecular flexibility index (Phi) is 7.47. The molecule has 1 aliphatic rings. The van der Waals surface area contributed by atoms with Gasteiger partial charge in [-0.25, -0.2) is 4.79 Å². The van der Waals surface area contributed by atoms with Gasteiger partial charge < -0.3 is 14.6 Å². The van der Waals surface area contributed by atoms with Crippen LogP contribution >= 0.6 is 28.1 Å². The van der Waals surface area contributed by atoms with Crippen molar-refractivity contribution in [3.05, 3.63) is 93.5 Å². The van der Waals surface area contributed by atoms with Crippen LogP contribution in [0.1, 0.15) is 21.5 Å². The SMILES string of the molecule is COc1cc(C=C2C(=O)NC(=S)N(c3cccc(Br)c3)C2=O)ccc1OCc1cccc(C(=O)O)c1. The van der Waals surface area contributed by atoms with E-state index in [1.807, 2.05) is 6.07 Å². The molecule has 3 aromatic rings. The van der Waals surface area contributed by atoms with Gasteiger partial charge in [0.2, 0.25) is 0 Å². The fraction of sp³-hybridized carbons (Fsp3) is 0.0769. The van der Waals surface area contributed by atoms with Crippen LogP contribution < -0.4 is 19.7 Å². The number of nitrogens with one attached hydrogen (secondary N) is 1. The first-order valence-electron chi connectivity index (χ1n) is 10.6. The molecule has 4 rings (SSSR count). The van der Waals surface area contributed by atoms with Gasteiger partial charge in [-0.05, 0) is 71.9 Å². The predicted octanol–water partition coefficient (Wildman–Crippen LogP) is 4.57. The molecular weight excluding hydrogens is 548 g/mol. The minimum atomic E-state index is -1.02. The molecule has 0 bridgehead atoms. The number of carboxylic acid groups (broad SMARTS) is 1. The van der Waals surface area contributed by atoms with E-state index < -0.39 is 17.8 Å². The monoisotopic (exact) mass is 566 g/mol. The molecule has 1 heterocycles. The van der Waals surface area contributed by atoms with Gasteiger partial charge in [-0.15, -0.1) is 0 Å². The number of hydrogen-bond donors (Lipinski definition) is 2. The normalized spacial score (nSPS) is 14.6. The van der Waals surface area contributed by atoms with Crippen LogP contribution in [0.25, 0.3) is 6.08 Å². The van der Waals surface area contributed by atoms with E-state index in [4.69, 9.17) is 26.8 Å². The van der Waals surface area contributed by atoms with Crippen molar-refractivity contribution in [3.8, 4) is 11.5 Å². The summed E-state index contributed by atoms with van der Waals surface area (Å²) >= 11 is 8.61. The molecule has 2 N–H and O–H groups in total. The van der Waals surface area contributed by atoms with E-state index in [1.54, 1.807) is 48.5 Å². The van der Waals surface area contributed by atoms with Crippen molar-refractivity contribution in [2.45, 2.75) is 6.61 Å². The lowest BCUT2D eigenvalue weighted by Gasteiger charge is -2.29. The van der Waals surface area contributed by atoms with Crippen LogP contribution in [0.5, 0.6) is 11.5 Å². The molecule has 0 unspecified atom stereocenters. The molecule has 0 saturated carbocycles. The zero-order chi connectivity index (χ0) is 25.8. The van der Waals surface area contributed by atoms with Gasteiger partial charge in [0.05, 0.1) is 18.4 Å². The van der Waals surface area contributed by atoms with Crippen LogP contribution in [-0.4, -0.2) is 35.1 Å². The van der Waals surface area contributed by atoms with Crippen LogP contribution in [0.15, 0.2) is 76.8 Å². The molecule has 1 aliphatic heterocycles. The van der Waals surface area contributed by atoms with E-state index in [1.165, 1.54) is 30.2 Å².